The molecule has 0 radical (unpaired) electrons. The van der Waals surface area contributed by atoms with Gasteiger partial charge in [0.2, 0.25) is 0 Å². The lowest BCUT2D eigenvalue weighted by Gasteiger charge is -2.06. The van der Waals surface area contributed by atoms with Gasteiger partial charge in [0.15, 0.2) is 0 Å². The molecular formula is C10H13NO. The van der Waals surface area contributed by atoms with Crippen molar-refractivity contribution in [3.8, 4) is 5.75 Å². The van der Waals surface area contributed by atoms with Gasteiger partial charge in [0.05, 0.1) is 6.04 Å². The molecule has 1 aliphatic heterocycles. The molecule has 0 spiro atoms. The maximum Gasteiger partial charge on any atom is 0.124 e. The number of aryl methyl sites for hydroxylation is 2. The summed E-state index contributed by atoms with van der Waals surface area (Å²) in [4.78, 5) is 0. The van der Waals surface area contributed by atoms with Crippen LogP contribution in [-0.4, -0.2) is 6.61 Å². The van der Waals surface area contributed by atoms with Crippen molar-refractivity contribution in [1.29, 1.82) is 0 Å². The molecule has 0 unspecified atom stereocenters. The summed E-state index contributed by atoms with van der Waals surface area (Å²) in [5, 5.41) is 0. The summed E-state index contributed by atoms with van der Waals surface area (Å²) in [6.07, 6.45) is 0. The second-order valence-electron chi connectivity index (χ2n) is 3.41. The summed E-state index contributed by atoms with van der Waals surface area (Å²) in [5.74, 6) is 0.972. The smallest absolute Gasteiger partial charge is 0.124 e. The van der Waals surface area contributed by atoms with Crippen molar-refractivity contribution in [1.82, 2.24) is 0 Å². The van der Waals surface area contributed by atoms with E-state index in [4.69, 9.17) is 10.5 Å². The first-order chi connectivity index (χ1) is 5.68. The van der Waals surface area contributed by atoms with Gasteiger partial charge in [-0.1, -0.05) is 6.07 Å². The Bertz CT molecular complexity index is 320. The quantitative estimate of drug-likeness (QED) is 0.631. The van der Waals surface area contributed by atoms with Crippen molar-refractivity contribution < 1.29 is 4.74 Å². The lowest BCUT2D eigenvalue weighted by Crippen LogP contribution is -2.11. The summed E-state index contributed by atoms with van der Waals surface area (Å²) in [5.41, 5.74) is 9.54. The molecule has 0 bridgehead atoms. The molecule has 0 aliphatic carbocycles. The molecule has 1 aliphatic rings. The third kappa shape index (κ3) is 0.994. The van der Waals surface area contributed by atoms with Crippen molar-refractivity contribution in [3.05, 3.63) is 28.8 Å². The summed E-state index contributed by atoms with van der Waals surface area (Å²) < 4.78 is 5.45. The first-order valence-electron chi connectivity index (χ1n) is 4.18. The number of hydrogen-bond acceptors (Lipinski definition) is 2. The van der Waals surface area contributed by atoms with Gasteiger partial charge in [-0.05, 0) is 31.0 Å². The van der Waals surface area contributed by atoms with E-state index in [1.807, 2.05) is 0 Å². The highest BCUT2D eigenvalue weighted by Crippen LogP contribution is 2.34. The van der Waals surface area contributed by atoms with Crippen LogP contribution >= 0.6 is 0 Å². The van der Waals surface area contributed by atoms with Gasteiger partial charge < -0.3 is 10.5 Å². The number of ether oxygens (including phenoxy) is 1. The molecule has 2 rings (SSSR count). The van der Waals surface area contributed by atoms with Gasteiger partial charge in [-0.15, -0.1) is 0 Å². The van der Waals surface area contributed by atoms with E-state index >= 15 is 0 Å². The van der Waals surface area contributed by atoms with E-state index in [1.165, 1.54) is 16.7 Å². The minimum Gasteiger partial charge on any atom is -0.491 e. The minimum atomic E-state index is 0.0700. The van der Waals surface area contributed by atoms with Crippen LogP contribution in [0.1, 0.15) is 22.7 Å². The van der Waals surface area contributed by atoms with Gasteiger partial charge in [-0.3, -0.25) is 0 Å². The number of rotatable bonds is 0. The lowest BCUT2D eigenvalue weighted by atomic mass is 10.0. The Morgan fingerprint density at radius 2 is 2.17 bits per heavy atom. The summed E-state index contributed by atoms with van der Waals surface area (Å²) in [6.45, 7) is 4.78. The van der Waals surface area contributed by atoms with Crippen molar-refractivity contribution >= 4 is 0 Å². The first kappa shape index (κ1) is 7.62. The van der Waals surface area contributed by atoms with Crippen LogP contribution in [-0.2, 0) is 0 Å². The fraction of sp³-hybridized carbons (Fsp3) is 0.400. The molecule has 1 aromatic carbocycles. The SMILES string of the molecule is Cc1cc(C)c2c(c1)OC[C@H]2N. The molecule has 64 valence electrons. The van der Waals surface area contributed by atoms with E-state index in [1.54, 1.807) is 0 Å². The zero-order valence-electron chi connectivity index (χ0n) is 7.42. The molecule has 0 fully saturated rings. The van der Waals surface area contributed by atoms with Crippen molar-refractivity contribution in [2.45, 2.75) is 19.9 Å². The van der Waals surface area contributed by atoms with Crippen LogP contribution in [0.15, 0.2) is 12.1 Å². The largest absolute Gasteiger partial charge is 0.491 e. The highest BCUT2D eigenvalue weighted by Gasteiger charge is 2.22. The predicted molar refractivity (Wildman–Crippen MR) is 48.3 cm³/mol. The van der Waals surface area contributed by atoms with E-state index < -0.39 is 0 Å². The Morgan fingerprint density at radius 3 is 2.92 bits per heavy atom. The van der Waals surface area contributed by atoms with E-state index in [0.717, 1.165) is 5.75 Å². The third-order valence-corrected chi connectivity index (χ3v) is 2.28. The Labute approximate surface area is 72.3 Å². The lowest BCUT2D eigenvalue weighted by molar-refractivity contribution is 0.333. The molecule has 1 aromatic rings. The molecule has 12 heavy (non-hydrogen) atoms. The molecule has 1 heterocycles. The van der Waals surface area contributed by atoms with Crippen LogP contribution in [0.2, 0.25) is 0 Å². The fourth-order valence-electron chi connectivity index (χ4n) is 1.80. The number of hydrogen-bond donors (Lipinski definition) is 1. The highest BCUT2D eigenvalue weighted by atomic mass is 16.5. The third-order valence-electron chi connectivity index (χ3n) is 2.28. The Kier molecular flexibility index (Phi) is 1.58. The van der Waals surface area contributed by atoms with Gasteiger partial charge in [0.1, 0.15) is 12.4 Å². The second-order valence-corrected chi connectivity index (χ2v) is 3.41. The van der Waals surface area contributed by atoms with Gasteiger partial charge in [0.25, 0.3) is 0 Å². The Morgan fingerprint density at radius 1 is 1.42 bits per heavy atom. The van der Waals surface area contributed by atoms with Gasteiger partial charge in [-0.25, -0.2) is 0 Å². The Hall–Kier alpha value is -1.02. The fourth-order valence-corrected chi connectivity index (χ4v) is 1.80. The molecule has 1 atom stereocenters. The summed E-state index contributed by atoms with van der Waals surface area (Å²) in [7, 11) is 0. The summed E-state index contributed by atoms with van der Waals surface area (Å²) in [6, 6.07) is 4.27. The normalized spacial score (nSPS) is 20.4. The predicted octanol–water partition coefficient (Wildman–Crippen LogP) is 1.70. The van der Waals surface area contributed by atoms with Gasteiger partial charge in [0, 0.05) is 5.56 Å². The molecule has 2 N–H and O–H groups in total. The van der Waals surface area contributed by atoms with Crippen LogP contribution in [0.25, 0.3) is 0 Å². The molecule has 0 aromatic heterocycles. The van der Waals surface area contributed by atoms with E-state index in [9.17, 15) is 0 Å². The van der Waals surface area contributed by atoms with Crippen molar-refractivity contribution in [2.75, 3.05) is 6.61 Å². The van der Waals surface area contributed by atoms with Crippen molar-refractivity contribution in [3.63, 3.8) is 0 Å². The van der Waals surface area contributed by atoms with Crippen LogP contribution in [0.5, 0.6) is 5.75 Å². The number of nitrogens with two attached hydrogens (primary N) is 1. The van der Waals surface area contributed by atoms with E-state index in [-0.39, 0.29) is 6.04 Å². The second kappa shape index (κ2) is 2.49. The molecule has 2 nitrogen and oxygen atoms in total. The van der Waals surface area contributed by atoms with Crippen LogP contribution in [0.4, 0.5) is 0 Å². The van der Waals surface area contributed by atoms with Crippen LogP contribution in [0.3, 0.4) is 0 Å². The van der Waals surface area contributed by atoms with Crippen LogP contribution in [0, 0.1) is 13.8 Å². The molecule has 2 heteroatoms. The molecule has 0 saturated heterocycles. The van der Waals surface area contributed by atoms with Gasteiger partial charge >= 0.3 is 0 Å². The highest BCUT2D eigenvalue weighted by molar-refractivity contribution is 5.47. The van der Waals surface area contributed by atoms with E-state index in [2.05, 4.69) is 26.0 Å². The zero-order chi connectivity index (χ0) is 8.72. The first-order valence-corrected chi connectivity index (χ1v) is 4.18. The molecule has 0 amide bonds. The standard InChI is InChI=1S/C10H13NO/c1-6-3-7(2)10-8(11)5-12-9(10)4-6/h3-4,8H,5,11H2,1-2H3/t8-/m1/s1. The zero-order valence-corrected chi connectivity index (χ0v) is 7.42. The maximum absolute atomic E-state index is 5.87. The molecular weight excluding hydrogens is 150 g/mol. The summed E-state index contributed by atoms with van der Waals surface area (Å²) >= 11 is 0. The monoisotopic (exact) mass is 163 g/mol. The number of benzene rings is 1. The molecule has 0 saturated carbocycles. The van der Waals surface area contributed by atoms with E-state index in [0.29, 0.717) is 6.61 Å². The van der Waals surface area contributed by atoms with Gasteiger partial charge in [-0.2, -0.15) is 0 Å². The van der Waals surface area contributed by atoms with Crippen LogP contribution < -0.4 is 10.5 Å². The maximum atomic E-state index is 5.87. The average Bonchev–Trinajstić information content (AvgIpc) is 2.31. The topological polar surface area (TPSA) is 35.2 Å². The van der Waals surface area contributed by atoms with Crippen molar-refractivity contribution in [2.24, 2.45) is 5.73 Å². The Balaban J connectivity index is 2.60. The minimum absolute atomic E-state index is 0.0700. The number of fused-ring (bicyclic) bond motifs is 1. The average molecular weight is 163 g/mol.